The van der Waals surface area contributed by atoms with E-state index in [2.05, 4.69) is 34.9 Å². The lowest BCUT2D eigenvalue weighted by Gasteiger charge is -2.18. The Kier molecular flexibility index (Phi) is 20.0. The fraction of sp³-hybridized carbons (Fsp3) is 0.686. The Labute approximate surface area is 264 Å². The predicted octanol–water partition coefficient (Wildman–Crippen LogP) is 10.0. The number of hydrogen-bond acceptors (Lipinski definition) is 4. The number of fused-ring (bicyclic) bond motifs is 2. The van der Waals surface area contributed by atoms with E-state index in [1.165, 1.54) is 88.2 Å². The fourth-order valence-corrected chi connectivity index (χ4v) is 7.46. The summed E-state index contributed by atoms with van der Waals surface area (Å²) >= 11 is 3.90. The topological polar surface area (TPSA) is 69.1 Å². The molecule has 1 aromatic rings. The van der Waals surface area contributed by atoms with Crippen molar-refractivity contribution in [1.29, 1.82) is 0 Å². The maximum atomic E-state index is 13.3. The fourth-order valence-electron chi connectivity index (χ4n) is 5.55. The van der Waals surface area contributed by atoms with E-state index in [0.717, 1.165) is 48.2 Å². The molecule has 2 rings (SSSR count). The molecule has 0 saturated carbocycles. The summed E-state index contributed by atoms with van der Waals surface area (Å²) in [6, 6.07) is 6.48. The first-order valence-electron chi connectivity index (χ1n) is 16.1. The molecule has 7 heteroatoms. The van der Waals surface area contributed by atoms with Gasteiger partial charge in [-0.3, -0.25) is 4.79 Å². The minimum Gasteiger partial charge on any atom is -0.316 e. The molecule has 1 aromatic carbocycles. The number of benzene rings is 1. The zero-order valence-corrected chi connectivity index (χ0v) is 27.5. The molecule has 0 spiro atoms. The first-order valence-corrected chi connectivity index (χ1v) is 18.4. The zero-order valence-electron chi connectivity index (χ0n) is 25.9. The smallest absolute Gasteiger partial charge is 0.255 e. The molecule has 0 aliphatic carbocycles. The lowest BCUT2D eigenvalue weighted by Crippen LogP contribution is -2.31. The maximum absolute atomic E-state index is 13.3. The lowest BCUT2D eigenvalue weighted by molar-refractivity contribution is 0.0796. The number of carbonyl (C=O) groups excluding carboxylic acids is 1. The minimum absolute atomic E-state index is 0.0862. The zero-order chi connectivity index (χ0) is 30.3. The summed E-state index contributed by atoms with van der Waals surface area (Å²) in [6.07, 6.45) is 29.2. The van der Waals surface area contributed by atoms with Crippen molar-refractivity contribution in [3.63, 3.8) is 0 Å². The number of rotatable bonds is 4. The Hall–Kier alpha value is -2.18. The largest absolute Gasteiger partial charge is 0.316 e. The second-order valence-electron chi connectivity index (χ2n) is 11.7. The first kappa shape index (κ1) is 36.0. The molecule has 2 unspecified atom stereocenters. The van der Waals surface area contributed by atoms with E-state index in [4.69, 9.17) is 18.4 Å². The third kappa shape index (κ3) is 15.9. The van der Waals surface area contributed by atoms with Crippen LogP contribution in [0.15, 0.2) is 23.3 Å². The molecular weight excluding hydrogens is 557 g/mol. The van der Waals surface area contributed by atoms with Crippen molar-refractivity contribution in [2.24, 2.45) is 11.0 Å². The van der Waals surface area contributed by atoms with Crippen molar-refractivity contribution < 1.29 is 4.79 Å². The molecule has 0 fully saturated rings. The van der Waals surface area contributed by atoms with Gasteiger partial charge in [0.25, 0.3) is 5.91 Å². The number of hydrogen-bond donors (Lipinski definition) is 0. The molecule has 2 bridgehead atoms. The third-order valence-electron chi connectivity index (χ3n) is 7.95. The quantitative estimate of drug-likeness (QED) is 0.148. The number of thioether (sulfide) groups is 2. The van der Waals surface area contributed by atoms with Gasteiger partial charge in [-0.1, -0.05) is 101 Å². The molecule has 0 aromatic heterocycles. The molecule has 0 radical (unpaired) electrons. The van der Waals surface area contributed by atoms with Gasteiger partial charge in [0.15, 0.2) is 0 Å². The summed E-state index contributed by atoms with van der Waals surface area (Å²) in [5.74, 6) is 9.90. The van der Waals surface area contributed by atoms with Crippen LogP contribution in [0.25, 0.3) is 10.4 Å². The molecular formula is C35H52N4OS2. The number of amides is 1. The van der Waals surface area contributed by atoms with Crippen LogP contribution in [0.1, 0.15) is 125 Å². The number of carbonyl (C=O) groups is 1. The van der Waals surface area contributed by atoms with Crippen LogP contribution in [-0.4, -0.2) is 41.4 Å². The summed E-state index contributed by atoms with van der Waals surface area (Å²) in [6.45, 7) is 2.83. The molecule has 230 valence electrons. The van der Waals surface area contributed by atoms with Gasteiger partial charge in [0.2, 0.25) is 0 Å². The highest BCUT2D eigenvalue weighted by molar-refractivity contribution is 7.98. The van der Waals surface area contributed by atoms with E-state index in [1.54, 1.807) is 4.90 Å². The summed E-state index contributed by atoms with van der Waals surface area (Å²) in [5, 5.41) is 4.09. The Morgan fingerprint density at radius 1 is 0.833 bits per heavy atom. The van der Waals surface area contributed by atoms with Gasteiger partial charge in [-0.05, 0) is 71.9 Å². The molecule has 5 nitrogen and oxygen atoms in total. The number of terminal acetylenes is 2. The van der Waals surface area contributed by atoms with Crippen LogP contribution in [0, 0.1) is 30.6 Å². The molecule has 1 aliphatic heterocycles. The van der Waals surface area contributed by atoms with Gasteiger partial charge >= 0.3 is 0 Å². The summed E-state index contributed by atoms with van der Waals surface area (Å²) < 4.78 is 0. The van der Waals surface area contributed by atoms with Gasteiger partial charge in [0.1, 0.15) is 0 Å². The van der Waals surface area contributed by atoms with E-state index >= 15 is 0 Å². The highest BCUT2D eigenvalue weighted by Crippen LogP contribution is 2.24. The Bertz CT molecular complexity index is 1020. The van der Waals surface area contributed by atoms with Crippen molar-refractivity contribution in [2.75, 3.05) is 24.6 Å². The average molecular weight is 609 g/mol. The molecule has 0 N–H and O–H groups in total. The van der Waals surface area contributed by atoms with Crippen LogP contribution >= 0.6 is 23.5 Å². The Balaban J connectivity index is 2.01. The highest BCUT2D eigenvalue weighted by Gasteiger charge is 2.16. The number of azide groups is 1. The van der Waals surface area contributed by atoms with E-state index in [1.807, 2.05) is 35.7 Å². The van der Waals surface area contributed by atoms with E-state index in [0.29, 0.717) is 5.56 Å². The monoisotopic (exact) mass is 608 g/mol. The molecule has 2 atom stereocenters. The Morgan fingerprint density at radius 3 is 1.81 bits per heavy atom. The van der Waals surface area contributed by atoms with Crippen molar-refractivity contribution in [3.8, 4) is 24.7 Å². The van der Waals surface area contributed by atoms with Gasteiger partial charge in [0, 0.05) is 28.0 Å². The van der Waals surface area contributed by atoms with Crippen molar-refractivity contribution in [1.82, 2.24) is 4.90 Å². The lowest BCUT2D eigenvalue weighted by atomic mass is 9.95. The van der Waals surface area contributed by atoms with Crippen molar-refractivity contribution in [2.45, 2.75) is 121 Å². The van der Waals surface area contributed by atoms with Crippen LogP contribution in [0.5, 0.6) is 0 Å². The van der Waals surface area contributed by atoms with Gasteiger partial charge in [-0.25, -0.2) is 0 Å². The second-order valence-corrected chi connectivity index (χ2v) is 13.9. The molecule has 1 heterocycles. The third-order valence-corrected chi connectivity index (χ3v) is 10.2. The second kappa shape index (κ2) is 23.3. The maximum Gasteiger partial charge on any atom is 0.255 e. The average Bonchev–Trinajstić information content (AvgIpc) is 2.98. The summed E-state index contributed by atoms with van der Waals surface area (Å²) in [7, 11) is 0. The predicted molar refractivity (Wildman–Crippen MR) is 184 cm³/mol. The van der Waals surface area contributed by atoms with Crippen LogP contribution in [-0.2, 0) is 11.5 Å². The molecule has 0 saturated heterocycles. The molecule has 42 heavy (non-hydrogen) atoms. The van der Waals surface area contributed by atoms with Crippen LogP contribution in [0.2, 0.25) is 0 Å². The first-order chi connectivity index (χ1) is 20.6. The van der Waals surface area contributed by atoms with E-state index < -0.39 is 0 Å². The molecule has 1 aliphatic rings. The van der Waals surface area contributed by atoms with E-state index in [9.17, 15) is 4.79 Å². The van der Waals surface area contributed by atoms with Crippen molar-refractivity contribution >= 4 is 29.4 Å². The summed E-state index contributed by atoms with van der Waals surface area (Å²) in [4.78, 5) is 18.0. The number of nitrogens with zero attached hydrogens (tertiary/aromatic N) is 4. The minimum atomic E-state index is -0.0862. The highest BCUT2D eigenvalue weighted by atomic mass is 32.2. The van der Waals surface area contributed by atoms with Crippen LogP contribution in [0.4, 0.5) is 0 Å². The van der Waals surface area contributed by atoms with E-state index in [-0.39, 0.29) is 25.0 Å². The Morgan fingerprint density at radius 2 is 1.31 bits per heavy atom. The standard InChI is InChI=1S/C35H52N4OS2/c1-4-21-39(22-5-2)35(40)33-26-31-25-32(27-33)29-42-24-16-9-7-13-19-34(37-38-36)20-14-10-12-18-30(3)17-11-6-8-15-23-41-28-31/h1-2,25-27,30,34H,6-24,28-29H2,3H3. The van der Waals surface area contributed by atoms with Gasteiger partial charge < -0.3 is 4.90 Å². The van der Waals surface area contributed by atoms with Crippen molar-refractivity contribution in [3.05, 3.63) is 45.3 Å². The summed E-state index contributed by atoms with van der Waals surface area (Å²) in [5.41, 5.74) is 12.1. The van der Waals surface area contributed by atoms with Crippen LogP contribution in [0.3, 0.4) is 0 Å². The SMILES string of the molecule is C#CCN(CC#C)C(=O)c1cc2cc(c1)CSCCCCCCC(N=[N+]=[N-])CCCCCC(C)CCCCCCSC2. The molecule has 1 amide bonds. The van der Waals surface area contributed by atoms with Gasteiger partial charge in [-0.2, -0.15) is 23.5 Å². The van der Waals surface area contributed by atoms with Gasteiger partial charge in [0.05, 0.1) is 13.1 Å². The van der Waals surface area contributed by atoms with Crippen LogP contribution < -0.4 is 0 Å². The van der Waals surface area contributed by atoms with Gasteiger partial charge in [-0.15, -0.1) is 12.8 Å². The normalized spacial score (nSPS) is 21.1.